The fraction of sp³-hybridized carbons (Fsp3) is 0.414. The Hall–Kier alpha value is -4.33. The molecule has 4 N–H and O–H groups in total. The second kappa shape index (κ2) is 12.7. The molecule has 3 aliphatic heterocycles. The number of nitrogens with one attached hydrogen (secondary N) is 3. The van der Waals surface area contributed by atoms with E-state index in [9.17, 15) is 9.59 Å². The van der Waals surface area contributed by atoms with E-state index < -0.39 is 6.03 Å². The van der Waals surface area contributed by atoms with Crippen molar-refractivity contribution in [3.63, 3.8) is 0 Å². The van der Waals surface area contributed by atoms with Gasteiger partial charge in [0.2, 0.25) is 11.9 Å². The smallest absolute Gasteiger partial charge is 0.323 e. The standard InChI is InChI=1S/C29H34N8O5/c38-14-11-30-26(39)20-3-7-22(8-4-20)32-29(40)31-21-5-1-19(2-6-21)25-33-27(36-12-15-41-16-13-36)35-28(34-25)37-23-9-10-24(37)18-42-17-23/h1-8,23-24,38H,9-18H2,(H,30,39)(H2,31,32,40). The molecule has 13 heteroatoms. The number of hydrogen-bond acceptors (Lipinski definition) is 10. The number of benzene rings is 2. The second-order valence-electron chi connectivity index (χ2n) is 10.4. The summed E-state index contributed by atoms with van der Waals surface area (Å²) in [6, 6.07) is 14.0. The van der Waals surface area contributed by atoms with E-state index in [-0.39, 0.29) is 31.1 Å². The highest BCUT2D eigenvalue weighted by atomic mass is 16.5. The summed E-state index contributed by atoms with van der Waals surface area (Å²) in [7, 11) is 0. The molecule has 3 fully saturated rings. The molecule has 0 spiro atoms. The van der Waals surface area contributed by atoms with Crippen LogP contribution in [0, 0.1) is 0 Å². The summed E-state index contributed by atoms with van der Waals surface area (Å²) in [5.41, 5.74) is 2.39. The molecule has 4 heterocycles. The van der Waals surface area contributed by atoms with E-state index in [4.69, 9.17) is 29.5 Å². The van der Waals surface area contributed by atoms with Crippen molar-refractivity contribution >= 4 is 35.2 Å². The van der Waals surface area contributed by atoms with Crippen LogP contribution in [0.15, 0.2) is 48.5 Å². The maximum atomic E-state index is 12.6. The van der Waals surface area contributed by atoms with Crippen molar-refractivity contribution in [2.45, 2.75) is 24.9 Å². The van der Waals surface area contributed by atoms with Gasteiger partial charge in [0.05, 0.1) is 45.1 Å². The maximum Gasteiger partial charge on any atom is 0.323 e. The Bertz CT molecular complexity index is 1380. The average molecular weight is 575 g/mol. The first kappa shape index (κ1) is 27.8. The van der Waals surface area contributed by atoms with E-state index >= 15 is 0 Å². The van der Waals surface area contributed by atoms with Crippen LogP contribution in [0.5, 0.6) is 0 Å². The first-order chi connectivity index (χ1) is 20.6. The second-order valence-corrected chi connectivity index (χ2v) is 10.4. The lowest BCUT2D eigenvalue weighted by atomic mass is 10.2. The normalized spacial score (nSPS) is 19.8. The van der Waals surface area contributed by atoms with Crippen LogP contribution in [-0.4, -0.2) is 96.7 Å². The minimum atomic E-state index is -0.417. The molecule has 2 bridgehead atoms. The number of anilines is 4. The van der Waals surface area contributed by atoms with Crippen molar-refractivity contribution in [2.75, 3.05) is 73.1 Å². The van der Waals surface area contributed by atoms with Crippen molar-refractivity contribution in [3.8, 4) is 11.4 Å². The lowest BCUT2D eigenvalue weighted by Crippen LogP contribution is -2.47. The number of urea groups is 1. The van der Waals surface area contributed by atoms with Crippen LogP contribution >= 0.6 is 0 Å². The molecular weight excluding hydrogens is 540 g/mol. The number of morpholine rings is 2. The van der Waals surface area contributed by atoms with E-state index in [0.29, 0.717) is 61.1 Å². The Balaban J connectivity index is 1.15. The lowest BCUT2D eigenvalue weighted by Gasteiger charge is -2.35. The number of nitrogens with zero attached hydrogens (tertiary/aromatic N) is 5. The zero-order valence-electron chi connectivity index (χ0n) is 23.2. The summed E-state index contributed by atoms with van der Waals surface area (Å²) >= 11 is 0. The van der Waals surface area contributed by atoms with Gasteiger partial charge in [-0.2, -0.15) is 15.0 Å². The van der Waals surface area contributed by atoms with E-state index in [1.165, 1.54) is 0 Å². The van der Waals surface area contributed by atoms with E-state index in [2.05, 4.69) is 25.8 Å². The number of ether oxygens (including phenoxy) is 2. The molecule has 1 aromatic heterocycles. The van der Waals surface area contributed by atoms with Crippen LogP contribution < -0.4 is 25.8 Å². The number of hydrogen-bond donors (Lipinski definition) is 4. The summed E-state index contributed by atoms with van der Waals surface area (Å²) in [5, 5.41) is 17.0. The van der Waals surface area contributed by atoms with Gasteiger partial charge in [-0.05, 0) is 61.4 Å². The predicted octanol–water partition coefficient (Wildman–Crippen LogP) is 2.11. The third-order valence-corrected chi connectivity index (χ3v) is 7.58. The Labute approximate surface area is 243 Å². The summed E-state index contributed by atoms with van der Waals surface area (Å²) in [6.45, 7) is 4.10. The molecule has 2 unspecified atom stereocenters. The van der Waals surface area contributed by atoms with E-state index in [1.54, 1.807) is 36.4 Å². The molecule has 0 aliphatic carbocycles. The van der Waals surface area contributed by atoms with Gasteiger partial charge < -0.3 is 40.3 Å². The highest BCUT2D eigenvalue weighted by molar-refractivity contribution is 6.00. The summed E-state index contributed by atoms with van der Waals surface area (Å²) in [5.74, 6) is 1.60. The number of fused-ring (bicyclic) bond motifs is 2. The van der Waals surface area contributed by atoms with E-state index in [1.807, 2.05) is 12.1 Å². The Kier molecular flexibility index (Phi) is 8.40. The zero-order chi connectivity index (χ0) is 28.9. The monoisotopic (exact) mass is 574 g/mol. The lowest BCUT2D eigenvalue weighted by molar-refractivity contribution is 0.0897. The molecule has 13 nitrogen and oxygen atoms in total. The number of carbonyl (C=O) groups excluding carboxylic acids is 2. The zero-order valence-corrected chi connectivity index (χ0v) is 23.2. The quantitative estimate of drug-likeness (QED) is 0.315. The molecule has 3 saturated heterocycles. The molecular formula is C29H34N8O5. The summed E-state index contributed by atoms with van der Waals surface area (Å²) in [6.07, 6.45) is 2.12. The molecule has 6 rings (SSSR count). The van der Waals surface area contributed by atoms with Gasteiger partial charge in [0, 0.05) is 42.1 Å². The first-order valence-electron chi connectivity index (χ1n) is 14.2. The van der Waals surface area contributed by atoms with Gasteiger partial charge in [-0.3, -0.25) is 4.79 Å². The minimum absolute atomic E-state index is 0.131. The Morgan fingerprint density at radius 3 is 2.10 bits per heavy atom. The van der Waals surface area contributed by atoms with Gasteiger partial charge in [0.1, 0.15) is 0 Å². The molecule has 2 atom stereocenters. The van der Waals surface area contributed by atoms with Crippen molar-refractivity contribution in [3.05, 3.63) is 54.1 Å². The van der Waals surface area contributed by atoms with Gasteiger partial charge in [0.25, 0.3) is 5.91 Å². The fourth-order valence-electron chi connectivity index (χ4n) is 5.43. The van der Waals surface area contributed by atoms with Crippen molar-refractivity contribution < 1.29 is 24.2 Å². The molecule has 220 valence electrons. The molecule has 42 heavy (non-hydrogen) atoms. The number of aliphatic hydroxyl groups is 1. The maximum absolute atomic E-state index is 12.6. The van der Waals surface area contributed by atoms with Crippen LogP contribution in [0.1, 0.15) is 23.2 Å². The van der Waals surface area contributed by atoms with Gasteiger partial charge in [-0.1, -0.05) is 0 Å². The summed E-state index contributed by atoms with van der Waals surface area (Å²) < 4.78 is 11.3. The van der Waals surface area contributed by atoms with Gasteiger partial charge >= 0.3 is 6.03 Å². The molecule has 3 aromatic rings. The van der Waals surface area contributed by atoms with Crippen molar-refractivity contribution in [1.29, 1.82) is 0 Å². The molecule has 3 aliphatic rings. The Morgan fingerprint density at radius 2 is 1.45 bits per heavy atom. The van der Waals surface area contributed by atoms with Crippen molar-refractivity contribution in [1.82, 2.24) is 20.3 Å². The van der Waals surface area contributed by atoms with Gasteiger partial charge in [0.15, 0.2) is 5.82 Å². The molecule has 3 amide bonds. The topological polar surface area (TPSA) is 154 Å². The van der Waals surface area contributed by atoms with Crippen molar-refractivity contribution in [2.24, 2.45) is 0 Å². The number of aliphatic hydroxyl groups excluding tert-OH is 1. The molecule has 0 saturated carbocycles. The highest BCUT2D eigenvalue weighted by Gasteiger charge is 2.39. The average Bonchev–Trinajstić information content (AvgIpc) is 3.28. The van der Waals surface area contributed by atoms with Crippen LogP contribution in [0.2, 0.25) is 0 Å². The molecule has 0 radical (unpaired) electrons. The van der Waals surface area contributed by atoms with Crippen LogP contribution in [0.4, 0.5) is 28.1 Å². The third-order valence-electron chi connectivity index (χ3n) is 7.58. The van der Waals surface area contributed by atoms with E-state index in [0.717, 1.165) is 31.5 Å². The summed E-state index contributed by atoms with van der Waals surface area (Å²) in [4.78, 5) is 43.6. The number of rotatable bonds is 8. The predicted molar refractivity (Wildman–Crippen MR) is 157 cm³/mol. The number of carbonyl (C=O) groups is 2. The van der Waals surface area contributed by atoms with Gasteiger partial charge in [-0.15, -0.1) is 0 Å². The van der Waals surface area contributed by atoms with Crippen LogP contribution in [-0.2, 0) is 9.47 Å². The van der Waals surface area contributed by atoms with Crippen LogP contribution in [0.25, 0.3) is 11.4 Å². The largest absolute Gasteiger partial charge is 0.395 e. The SMILES string of the molecule is O=C(Nc1ccc(C(=O)NCCO)cc1)Nc1ccc(-c2nc(N3CCOCC3)nc(N3C4CCC3COC4)n2)cc1. The fourth-order valence-corrected chi connectivity index (χ4v) is 5.43. The minimum Gasteiger partial charge on any atom is -0.395 e. The Morgan fingerprint density at radius 1 is 0.833 bits per heavy atom. The number of amides is 3. The highest BCUT2D eigenvalue weighted by Crippen LogP contribution is 2.34. The van der Waals surface area contributed by atoms with Gasteiger partial charge in [-0.25, -0.2) is 4.79 Å². The first-order valence-corrected chi connectivity index (χ1v) is 14.2. The number of aromatic nitrogens is 3. The third kappa shape index (κ3) is 6.27. The molecule has 2 aromatic carbocycles. The van der Waals surface area contributed by atoms with Crippen LogP contribution in [0.3, 0.4) is 0 Å².